The van der Waals surface area contributed by atoms with Crippen molar-refractivity contribution >= 4 is 17.7 Å². The molecule has 1 aromatic carbocycles. The van der Waals surface area contributed by atoms with Gasteiger partial charge in [-0.25, -0.2) is 4.98 Å². The lowest BCUT2D eigenvalue weighted by Gasteiger charge is -2.05. The average Bonchev–Trinajstić information content (AvgIpc) is 2.50. The number of carbonyl (C=O) groups excluding carboxylic acids is 1. The van der Waals surface area contributed by atoms with E-state index in [2.05, 4.69) is 27.9 Å². The van der Waals surface area contributed by atoms with E-state index < -0.39 is 0 Å². The predicted molar refractivity (Wildman–Crippen MR) is 92.5 cm³/mol. The third kappa shape index (κ3) is 5.75. The van der Waals surface area contributed by atoms with E-state index in [0.29, 0.717) is 23.1 Å². The van der Waals surface area contributed by atoms with Gasteiger partial charge in [0.05, 0.1) is 12.1 Å². The Morgan fingerprint density at radius 2 is 2.26 bits per heavy atom. The van der Waals surface area contributed by atoms with E-state index in [1.807, 2.05) is 25.1 Å². The quantitative estimate of drug-likeness (QED) is 0.464. The molecular formula is C17H19N3O2S. The molecule has 0 saturated carbocycles. The number of hydrogen-bond donors (Lipinski definition) is 2. The summed E-state index contributed by atoms with van der Waals surface area (Å²) in [5.74, 6) is 0.522. The number of aromatic nitrogens is 2. The molecule has 23 heavy (non-hydrogen) atoms. The van der Waals surface area contributed by atoms with Crippen LogP contribution in [-0.2, 0) is 17.0 Å². The lowest BCUT2D eigenvalue weighted by molar-refractivity contribution is -0.120. The maximum absolute atomic E-state index is 11.7. The lowest BCUT2D eigenvalue weighted by atomic mass is 10.2. The summed E-state index contributed by atoms with van der Waals surface area (Å²) in [4.78, 5) is 30.4. The Kier molecular flexibility index (Phi) is 6.17. The molecule has 120 valence electrons. The zero-order valence-electron chi connectivity index (χ0n) is 13.0. The Morgan fingerprint density at radius 3 is 3.00 bits per heavy atom. The maximum Gasteiger partial charge on any atom is 0.251 e. The van der Waals surface area contributed by atoms with Gasteiger partial charge < -0.3 is 10.3 Å². The minimum atomic E-state index is -0.252. The van der Waals surface area contributed by atoms with Gasteiger partial charge >= 0.3 is 0 Å². The average molecular weight is 329 g/mol. The molecule has 0 spiro atoms. The summed E-state index contributed by atoms with van der Waals surface area (Å²) in [6, 6.07) is 9.52. The molecular weight excluding hydrogens is 310 g/mol. The van der Waals surface area contributed by atoms with E-state index >= 15 is 0 Å². The van der Waals surface area contributed by atoms with Crippen molar-refractivity contribution < 1.29 is 4.79 Å². The highest BCUT2D eigenvalue weighted by atomic mass is 32.2. The molecule has 0 fully saturated rings. The number of amides is 1. The SMILES string of the molecule is C=CCNC(=O)Cc1cc(=O)[nH]c(SCc2cccc(C)c2)n1. The van der Waals surface area contributed by atoms with Crippen molar-refractivity contribution in [1.29, 1.82) is 0 Å². The molecule has 0 bridgehead atoms. The largest absolute Gasteiger partial charge is 0.352 e. The number of H-pyrrole nitrogens is 1. The molecule has 2 N–H and O–H groups in total. The van der Waals surface area contributed by atoms with Crippen LogP contribution in [0.2, 0.25) is 0 Å². The minimum absolute atomic E-state index is 0.0791. The molecule has 0 atom stereocenters. The topological polar surface area (TPSA) is 74.8 Å². The van der Waals surface area contributed by atoms with E-state index in [0.717, 1.165) is 5.56 Å². The molecule has 0 saturated heterocycles. The Balaban J connectivity index is 2.03. The summed E-state index contributed by atoms with van der Waals surface area (Å²) >= 11 is 1.44. The molecule has 1 heterocycles. The fourth-order valence-corrected chi connectivity index (χ4v) is 2.85. The number of rotatable bonds is 7. The number of nitrogens with one attached hydrogen (secondary N) is 2. The van der Waals surface area contributed by atoms with Crippen molar-refractivity contribution in [1.82, 2.24) is 15.3 Å². The number of aryl methyl sites for hydroxylation is 1. The highest BCUT2D eigenvalue weighted by molar-refractivity contribution is 7.98. The summed E-state index contributed by atoms with van der Waals surface area (Å²) in [5, 5.41) is 3.19. The number of aromatic amines is 1. The summed E-state index contributed by atoms with van der Waals surface area (Å²) in [6.07, 6.45) is 1.68. The van der Waals surface area contributed by atoms with Gasteiger partial charge in [0.1, 0.15) is 0 Å². The van der Waals surface area contributed by atoms with Gasteiger partial charge in [-0.2, -0.15) is 0 Å². The Bertz CT molecular complexity index is 755. The third-order valence-corrected chi connectivity index (χ3v) is 3.96. The first-order valence-electron chi connectivity index (χ1n) is 7.23. The van der Waals surface area contributed by atoms with Crippen molar-refractivity contribution in [3.8, 4) is 0 Å². The molecule has 2 aromatic rings. The molecule has 0 unspecified atom stereocenters. The van der Waals surface area contributed by atoms with E-state index in [4.69, 9.17) is 0 Å². The van der Waals surface area contributed by atoms with Gasteiger partial charge in [0.15, 0.2) is 5.16 Å². The van der Waals surface area contributed by atoms with E-state index in [9.17, 15) is 9.59 Å². The van der Waals surface area contributed by atoms with Gasteiger partial charge in [0.2, 0.25) is 5.91 Å². The van der Waals surface area contributed by atoms with E-state index in [1.165, 1.54) is 23.4 Å². The fraction of sp³-hybridized carbons (Fsp3) is 0.235. The van der Waals surface area contributed by atoms with E-state index in [-0.39, 0.29) is 17.9 Å². The van der Waals surface area contributed by atoms with Crippen LogP contribution in [0.5, 0.6) is 0 Å². The van der Waals surface area contributed by atoms with Gasteiger partial charge in [0, 0.05) is 18.4 Å². The predicted octanol–water partition coefficient (Wildman–Crippen LogP) is 2.22. The summed E-state index contributed by atoms with van der Waals surface area (Å²) in [5.41, 5.74) is 2.56. The monoisotopic (exact) mass is 329 g/mol. The molecule has 2 rings (SSSR count). The van der Waals surface area contributed by atoms with Crippen LogP contribution in [0.1, 0.15) is 16.8 Å². The van der Waals surface area contributed by atoms with Crippen LogP contribution in [0.3, 0.4) is 0 Å². The summed E-state index contributed by atoms with van der Waals surface area (Å²) in [6.45, 7) is 5.98. The number of carbonyl (C=O) groups is 1. The molecule has 1 amide bonds. The second-order valence-corrected chi connectivity index (χ2v) is 6.05. The van der Waals surface area contributed by atoms with Crippen LogP contribution in [0.25, 0.3) is 0 Å². The molecule has 5 nitrogen and oxygen atoms in total. The fourth-order valence-electron chi connectivity index (χ4n) is 2.01. The molecule has 0 radical (unpaired) electrons. The first-order chi connectivity index (χ1) is 11.1. The first-order valence-corrected chi connectivity index (χ1v) is 8.21. The summed E-state index contributed by atoms with van der Waals surface area (Å²) < 4.78 is 0. The van der Waals surface area contributed by atoms with Gasteiger partial charge in [-0.05, 0) is 12.5 Å². The van der Waals surface area contributed by atoms with Crippen LogP contribution in [0, 0.1) is 6.92 Å². The van der Waals surface area contributed by atoms with Gasteiger partial charge in [0.25, 0.3) is 5.56 Å². The van der Waals surface area contributed by atoms with Crippen LogP contribution in [-0.4, -0.2) is 22.4 Å². The molecule has 6 heteroatoms. The van der Waals surface area contributed by atoms with Crippen LogP contribution in [0.15, 0.2) is 52.9 Å². The number of nitrogens with zero attached hydrogens (tertiary/aromatic N) is 1. The van der Waals surface area contributed by atoms with Crippen molar-refractivity contribution in [3.05, 3.63) is 70.2 Å². The van der Waals surface area contributed by atoms with Crippen molar-refractivity contribution in [2.75, 3.05) is 6.54 Å². The summed E-state index contributed by atoms with van der Waals surface area (Å²) in [7, 11) is 0. The lowest BCUT2D eigenvalue weighted by Crippen LogP contribution is -2.26. The normalized spacial score (nSPS) is 10.3. The highest BCUT2D eigenvalue weighted by Crippen LogP contribution is 2.19. The number of benzene rings is 1. The molecule has 1 aromatic heterocycles. The Morgan fingerprint density at radius 1 is 1.43 bits per heavy atom. The minimum Gasteiger partial charge on any atom is -0.352 e. The number of hydrogen-bond acceptors (Lipinski definition) is 4. The van der Waals surface area contributed by atoms with E-state index in [1.54, 1.807) is 6.08 Å². The zero-order chi connectivity index (χ0) is 16.7. The highest BCUT2D eigenvalue weighted by Gasteiger charge is 2.07. The van der Waals surface area contributed by atoms with Crippen molar-refractivity contribution in [2.24, 2.45) is 0 Å². The second-order valence-electron chi connectivity index (χ2n) is 5.09. The van der Waals surface area contributed by atoms with Gasteiger partial charge in [-0.15, -0.1) is 6.58 Å². The Labute approximate surface area is 139 Å². The smallest absolute Gasteiger partial charge is 0.251 e. The first kappa shape index (κ1) is 17.0. The number of thioether (sulfide) groups is 1. The van der Waals surface area contributed by atoms with Crippen molar-refractivity contribution in [3.63, 3.8) is 0 Å². The standard InChI is InChI=1S/C17H19N3O2S/c1-3-7-18-15(21)9-14-10-16(22)20-17(19-14)23-11-13-6-4-5-12(2)8-13/h3-6,8,10H,1,7,9,11H2,2H3,(H,18,21)(H,19,20,22). The third-order valence-electron chi connectivity index (χ3n) is 3.02. The van der Waals surface area contributed by atoms with Crippen molar-refractivity contribution in [2.45, 2.75) is 24.3 Å². The molecule has 0 aliphatic heterocycles. The second kappa shape index (κ2) is 8.33. The molecule has 0 aliphatic rings. The maximum atomic E-state index is 11.7. The van der Waals surface area contributed by atoms with Crippen LogP contribution < -0.4 is 10.9 Å². The Hall–Kier alpha value is -2.34. The van der Waals surface area contributed by atoms with Gasteiger partial charge in [-0.1, -0.05) is 47.7 Å². The molecule has 0 aliphatic carbocycles. The van der Waals surface area contributed by atoms with Crippen LogP contribution >= 0.6 is 11.8 Å². The van der Waals surface area contributed by atoms with Gasteiger partial charge in [-0.3, -0.25) is 9.59 Å². The zero-order valence-corrected chi connectivity index (χ0v) is 13.8. The van der Waals surface area contributed by atoms with Crippen LogP contribution in [0.4, 0.5) is 0 Å².